The maximum Gasteiger partial charge on any atom is 0.242 e. The van der Waals surface area contributed by atoms with Crippen molar-refractivity contribution in [2.75, 3.05) is 33.9 Å². The number of rotatable bonds is 7. The average Bonchev–Trinajstić information content (AvgIpc) is 3.25. The molecule has 1 aromatic rings. The van der Waals surface area contributed by atoms with Gasteiger partial charge >= 0.3 is 0 Å². The molecule has 0 aromatic heterocycles. The summed E-state index contributed by atoms with van der Waals surface area (Å²) in [6, 6.07) is 8.01. The molecule has 1 atom stereocenters. The van der Waals surface area contributed by atoms with Crippen molar-refractivity contribution in [3.63, 3.8) is 0 Å². The minimum absolute atomic E-state index is 0.375. The van der Waals surface area contributed by atoms with E-state index in [1.807, 2.05) is 18.2 Å². The van der Waals surface area contributed by atoms with Crippen LogP contribution in [0.2, 0.25) is 0 Å². The van der Waals surface area contributed by atoms with Gasteiger partial charge in [-0.3, -0.25) is 4.90 Å². The maximum atomic E-state index is 12.3. The van der Waals surface area contributed by atoms with Gasteiger partial charge in [0.25, 0.3) is 0 Å². The molecule has 2 fully saturated rings. The van der Waals surface area contributed by atoms with Gasteiger partial charge < -0.3 is 4.74 Å². The van der Waals surface area contributed by atoms with Gasteiger partial charge in [0.2, 0.25) is 10.0 Å². The molecule has 0 bridgehead atoms. The summed E-state index contributed by atoms with van der Waals surface area (Å²) < 4.78 is 31.3. The van der Waals surface area contributed by atoms with Gasteiger partial charge in [-0.15, -0.1) is 0 Å². The van der Waals surface area contributed by atoms with Crippen molar-refractivity contribution in [3.05, 3.63) is 29.8 Å². The Bertz CT molecular complexity index is 635. The number of ether oxygens (including phenoxy) is 1. The zero-order valence-electron chi connectivity index (χ0n) is 13.9. The van der Waals surface area contributed by atoms with Crippen molar-refractivity contribution < 1.29 is 13.2 Å². The van der Waals surface area contributed by atoms with E-state index in [9.17, 15) is 8.42 Å². The molecule has 128 valence electrons. The first-order valence-corrected chi connectivity index (χ1v) is 9.74. The molecule has 1 aliphatic heterocycles. The van der Waals surface area contributed by atoms with Crippen LogP contribution in [0, 0.1) is 5.92 Å². The van der Waals surface area contributed by atoms with Crippen LogP contribution in [0.1, 0.15) is 24.8 Å². The molecule has 0 amide bonds. The van der Waals surface area contributed by atoms with E-state index in [0.29, 0.717) is 16.9 Å². The Morgan fingerprint density at radius 3 is 2.61 bits per heavy atom. The van der Waals surface area contributed by atoms with Crippen LogP contribution >= 0.6 is 0 Å². The van der Waals surface area contributed by atoms with Crippen LogP contribution in [-0.4, -0.2) is 57.5 Å². The van der Waals surface area contributed by atoms with E-state index in [0.717, 1.165) is 38.3 Å². The predicted octanol–water partition coefficient (Wildman–Crippen LogP) is 1.94. The Hall–Kier alpha value is -0.950. The summed E-state index contributed by atoms with van der Waals surface area (Å²) in [6.07, 6.45) is 3.64. The highest BCUT2D eigenvalue weighted by Gasteiger charge is 2.31. The maximum absolute atomic E-state index is 12.3. The van der Waals surface area contributed by atoms with E-state index < -0.39 is 10.0 Å². The van der Waals surface area contributed by atoms with E-state index in [2.05, 4.69) is 4.90 Å². The Morgan fingerprint density at radius 2 is 2.00 bits per heavy atom. The molecule has 1 unspecified atom stereocenters. The summed E-state index contributed by atoms with van der Waals surface area (Å²) >= 11 is 0. The van der Waals surface area contributed by atoms with Gasteiger partial charge in [-0.25, -0.2) is 12.7 Å². The number of hydrogen-bond donors (Lipinski definition) is 0. The van der Waals surface area contributed by atoms with Crippen molar-refractivity contribution >= 4 is 10.0 Å². The van der Waals surface area contributed by atoms with Crippen LogP contribution < -0.4 is 0 Å². The first-order valence-electron chi connectivity index (χ1n) is 8.30. The van der Waals surface area contributed by atoms with Crippen molar-refractivity contribution in [1.29, 1.82) is 0 Å². The van der Waals surface area contributed by atoms with Crippen LogP contribution in [0.5, 0.6) is 0 Å². The third kappa shape index (κ3) is 4.12. The minimum atomic E-state index is -3.37. The van der Waals surface area contributed by atoms with E-state index in [1.54, 1.807) is 20.2 Å². The van der Waals surface area contributed by atoms with Gasteiger partial charge in [-0.05, 0) is 42.9 Å². The standard InChI is InChI=1S/C17H26N2O3S/c1-18(2)23(20,21)17-5-3-4-14(10-17)11-19(16-6-7-16)12-15-8-9-22-13-15/h3-5,10,15-16H,6-9,11-13H2,1-2H3. The lowest BCUT2D eigenvalue weighted by Crippen LogP contribution is -2.31. The summed E-state index contributed by atoms with van der Waals surface area (Å²) in [5, 5.41) is 0. The van der Waals surface area contributed by atoms with Gasteiger partial charge in [0.1, 0.15) is 0 Å². The van der Waals surface area contributed by atoms with Gasteiger partial charge in [-0.2, -0.15) is 0 Å². The number of nitrogens with zero attached hydrogens (tertiary/aromatic N) is 2. The second kappa shape index (κ2) is 6.89. The van der Waals surface area contributed by atoms with Gasteiger partial charge in [0, 0.05) is 39.8 Å². The third-order valence-electron chi connectivity index (χ3n) is 4.64. The molecule has 1 saturated carbocycles. The Balaban J connectivity index is 1.73. The molecular weight excluding hydrogens is 312 g/mol. The average molecular weight is 338 g/mol. The first kappa shape index (κ1) is 16.9. The van der Waals surface area contributed by atoms with Crippen molar-refractivity contribution in [2.45, 2.75) is 36.7 Å². The molecular formula is C17H26N2O3S. The lowest BCUT2D eigenvalue weighted by atomic mass is 10.1. The lowest BCUT2D eigenvalue weighted by molar-refractivity contribution is 0.161. The molecule has 1 heterocycles. The second-order valence-corrected chi connectivity index (χ2v) is 8.98. The molecule has 1 saturated heterocycles. The highest BCUT2D eigenvalue weighted by molar-refractivity contribution is 7.89. The van der Waals surface area contributed by atoms with Crippen molar-refractivity contribution in [1.82, 2.24) is 9.21 Å². The van der Waals surface area contributed by atoms with Crippen LogP contribution in [0.3, 0.4) is 0 Å². The molecule has 1 aromatic carbocycles. The molecule has 3 rings (SSSR count). The van der Waals surface area contributed by atoms with Crippen molar-refractivity contribution in [3.8, 4) is 0 Å². The number of benzene rings is 1. The summed E-state index contributed by atoms with van der Waals surface area (Å²) in [5.41, 5.74) is 1.07. The summed E-state index contributed by atoms with van der Waals surface area (Å²) in [7, 11) is -0.231. The second-order valence-electron chi connectivity index (χ2n) is 6.83. The molecule has 23 heavy (non-hydrogen) atoms. The molecule has 0 radical (unpaired) electrons. The Labute approximate surface area is 139 Å². The predicted molar refractivity (Wildman–Crippen MR) is 89.7 cm³/mol. The summed E-state index contributed by atoms with van der Waals surface area (Å²) in [4.78, 5) is 2.88. The van der Waals surface area contributed by atoms with E-state index >= 15 is 0 Å². The fourth-order valence-corrected chi connectivity index (χ4v) is 4.06. The largest absolute Gasteiger partial charge is 0.381 e. The van der Waals surface area contributed by atoms with Crippen LogP contribution in [0.15, 0.2) is 29.2 Å². The SMILES string of the molecule is CN(C)S(=O)(=O)c1cccc(CN(CC2CCOC2)C2CC2)c1. The van der Waals surface area contributed by atoms with Crippen molar-refractivity contribution in [2.24, 2.45) is 5.92 Å². The smallest absolute Gasteiger partial charge is 0.242 e. The van der Waals surface area contributed by atoms with Gasteiger partial charge in [0.05, 0.1) is 11.5 Å². The highest BCUT2D eigenvalue weighted by atomic mass is 32.2. The van der Waals surface area contributed by atoms with Crippen LogP contribution in [0.25, 0.3) is 0 Å². The monoisotopic (exact) mass is 338 g/mol. The topological polar surface area (TPSA) is 49.9 Å². The van der Waals surface area contributed by atoms with Crippen LogP contribution in [0.4, 0.5) is 0 Å². The molecule has 6 heteroatoms. The number of hydrogen-bond acceptors (Lipinski definition) is 4. The Morgan fingerprint density at radius 1 is 1.22 bits per heavy atom. The Kier molecular flexibility index (Phi) is 5.06. The highest BCUT2D eigenvalue weighted by Crippen LogP contribution is 2.30. The quantitative estimate of drug-likeness (QED) is 0.762. The molecule has 0 N–H and O–H groups in total. The lowest BCUT2D eigenvalue weighted by Gasteiger charge is -2.25. The summed E-state index contributed by atoms with van der Waals surface area (Å²) in [6.45, 7) is 3.60. The number of sulfonamides is 1. The molecule has 0 spiro atoms. The first-order chi connectivity index (χ1) is 11.0. The van der Waals surface area contributed by atoms with Gasteiger partial charge in [-0.1, -0.05) is 12.1 Å². The van der Waals surface area contributed by atoms with Crippen LogP contribution in [-0.2, 0) is 21.3 Å². The summed E-state index contributed by atoms with van der Waals surface area (Å²) in [5.74, 6) is 0.615. The molecule has 5 nitrogen and oxygen atoms in total. The minimum Gasteiger partial charge on any atom is -0.381 e. The zero-order chi connectivity index (χ0) is 16.4. The normalized spacial score (nSPS) is 22.2. The molecule has 1 aliphatic carbocycles. The fourth-order valence-electron chi connectivity index (χ4n) is 3.09. The van der Waals surface area contributed by atoms with E-state index in [1.165, 1.54) is 17.1 Å². The third-order valence-corrected chi connectivity index (χ3v) is 6.45. The van der Waals surface area contributed by atoms with E-state index in [-0.39, 0.29) is 0 Å². The zero-order valence-corrected chi connectivity index (χ0v) is 14.8. The molecule has 2 aliphatic rings. The van der Waals surface area contributed by atoms with E-state index in [4.69, 9.17) is 4.74 Å². The fraction of sp³-hybridized carbons (Fsp3) is 0.647. The van der Waals surface area contributed by atoms with Gasteiger partial charge in [0.15, 0.2) is 0 Å².